The van der Waals surface area contributed by atoms with Gasteiger partial charge in [-0.25, -0.2) is 12.8 Å². The first kappa shape index (κ1) is 31.1. The van der Waals surface area contributed by atoms with Crippen LogP contribution in [0.2, 0.25) is 5.02 Å². The minimum atomic E-state index is -6.31. The maximum absolute atomic E-state index is 15.0. The van der Waals surface area contributed by atoms with Crippen molar-refractivity contribution in [3.8, 4) is 0 Å². The number of carbonyl (C=O) groups is 1. The lowest BCUT2D eigenvalue weighted by Gasteiger charge is -2.45. The molecule has 230 valence electrons. The van der Waals surface area contributed by atoms with Crippen molar-refractivity contribution < 1.29 is 43.9 Å². The third-order valence-electron chi connectivity index (χ3n) is 9.39. The third-order valence-corrected chi connectivity index (χ3v) is 12.2. The normalized spacial score (nSPS) is 24.7. The predicted octanol–water partition coefficient (Wildman–Crippen LogP) is 7.82. The van der Waals surface area contributed by atoms with Gasteiger partial charge in [-0.05, 0) is 61.4 Å². The average Bonchev–Trinajstić information content (AvgIpc) is 3.32. The largest absolute Gasteiger partial charge is 0.435 e. The van der Waals surface area contributed by atoms with Gasteiger partial charge in [-0.15, -0.1) is 0 Å². The van der Waals surface area contributed by atoms with Crippen molar-refractivity contribution in [1.82, 2.24) is 4.90 Å². The minimum Gasteiger partial charge on any atom is -0.337 e. The smallest absolute Gasteiger partial charge is 0.337 e. The maximum atomic E-state index is 15.0. The number of carbonyl (C=O) groups excluding carboxylic acids is 1. The first-order valence-electron chi connectivity index (χ1n) is 13.7. The molecule has 2 fully saturated rings. The monoisotopic (exact) mass is 639 g/mol. The summed E-state index contributed by atoms with van der Waals surface area (Å²) in [5, 5.41) is 0.105. The van der Waals surface area contributed by atoms with Crippen LogP contribution in [-0.4, -0.2) is 44.2 Å². The molecule has 1 saturated carbocycles. The van der Waals surface area contributed by atoms with E-state index in [2.05, 4.69) is 0 Å². The van der Waals surface area contributed by atoms with Crippen molar-refractivity contribution >= 4 is 27.3 Å². The number of likely N-dealkylation sites (tertiary alicyclic amines) is 1. The van der Waals surface area contributed by atoms with Crippen molar-refractivity contribution in [2.24, 2.45) is 5.41 Å². The summed E-state index contributed by atoms with van der Waals surface area (Å²) in [5.74, 6) is -0.215. The van der Waals surface area contributed by atoms with Crippen LogP contribution < -0.4 is 0 Å². The quantitative estimate of drug-likeness (QED) is 0.321. The number of alkyl halides is 7. The number of fused-ring (bicyclic) bond motifs is 3. The van der Waals surface area contributed by atoms with Crippen LogP contribution >= 0.6 is 11.6 Å². The Morgan fingerprint density at radius 3 is 2.17 bits per heavy atom. The van der Waals surface area contributed by atoms with Gasteiger partial charge in [0.25, 0.3) is 0 Å². The topological polar surface area (TPSA) is 54.5 Å². The molecule has 0 spiro atoms. The van der Waals surface area contributed by atoms with Gasteiger partial charge in [0.15, 0.2) is 9.84 Å². The van der Waals surface area contributed by atoms with Crippen molar-refractivity contribution in [2.75, 3.05) is 6.54 Å². The van der Waals surface area contributed by atoms with Crippen LogP contribution in [0.4, 0.5) is 30.7 Å². The molecule has 0 aromatic heterocycles. The Balaban J connectivity index is 1.70. The number of sulfone groups is 1. The second kappa shape index (κ2) is 10.1. The van der Waals surface area contributed by atoms with E-state index in [4.69, 9.17) is 11.6 Å². The average molecular weight is 640 g/mol. The molecule has 2 atom stereocenters. The number of rotatable bonds is 4. The predicted molar refractivity (Wildman–Crippen MR) is 141 cm³/mol. The highest BCUT2D eigenvalue weighted by molar-refractivity contribution is 7.92. The van der Waals surface area contributed by atoms with Gasteiger partial charge in [-0.1, -0.05) is 62.1 Å². The molecular formula is C29H29ClF7NO3S. The fourth-order valence-corrected chi connectivity index (χ4v) is 9.88. The number of hydrogen-bond acceptors (Lipinski definition) is 3. The van der Waals surface area contributed by atoms with Crippen molar-refractivity contribution in [1.29, 1.82) is 0 Å². The van der Waals surface area contributed by atoms with Crippen LogP contribution in [0.5, 0.6) is 0 Å². The van der Waals surface area contributed by atoms with Gasteiger partial charge >= 0.3 is 18.0 Å². The Morgan fingerprint density at radius 2 is 1.57 bits per heavy atom. The molecule has 13 heteroatoms. The summed E-state index contributed by atoms with van der Waals surface area (Å²) in [4.78, 5) is 15.3. The lowest BCUT2D eigenvalue weighted by molar-refractivity contribution is -0.348. The summed E-state index contributed by atoms with van der Waals surface area (Å²) < 4.78 is 123. The fraction of sp³-hybridized carbons (Fsp3) is 0.552. The highest BCUT2D eigenvalue weighted by atomic mass is 35.5. The Kier molecular flexibility index (Phi) is 7.48. The van der Waals surface area contributed by atoms with Gasteiger partial charge < -0.3 is 4.90 Å². The van der Waals surface area contributed by atoms with E-state index in [0.717, 1.165) is 25.3 Å². The van der Waals surface area contributed by atoms with Crippen LogP contribution in [0.25, 0.3) is 0 Å². The third kappa shape index (κ3) is 4.45. The number of benzene rings is 2. The molecule has 0 radical (unpaired) electrons. The lowest BCUT2D eigenvalue weighted by atomic mass is 9.73. The zero-order valence-electron chi connectivity index (χ0n) is 22.6. The minimum absolute atomic E-state index is 0.0260. The second-order valence-corrected chi connectivity index (χ2v) is 14.4. The molecule has 2 unspecified atom stereocenters. The van der Waals surface area contributed by atoms with E-state index < -0.39 is 49.6 Å². The molecule has 1 saturated heterocycles. The highest BCUT2D eigenvalue weighted by Crippen LogP contribution is 2.57. The summed E-state index contributed by atoms with van der Waals surface area (Å²) in [6.07, 6.45) is -9.07. The number of amides is 1. The Bertz CT molecular complexity index is 1490. The van der Waals surface area contributed by atoms with Crippen molar-refractivity contribution in [3.63, 3.8) is 0 Å². The van der Waals surface area contributed by atoms with Gasteiger partial charge in [0.1, 0.15) is 4.75 Å². The highest BCUT2D eigenvalue weighted by Gasteiger charge is 2.74. The number of aryl methyl sites for hydroxylation is 1. The van der Waals surface area contributed by atoms with E-state index in [-0.39, 0.29) is 52.8 Å². The van der Waals surface area contributed by atoms with E-state index in [1.165, 1.54) is 29.2 Å². The maximum Gasteiger partial charge on any atom is 0.435 e. The summed E-state index contributed by atoms with van der Waals surface area (Å²) in [7, 11) is -4.43. The van der Waals surface area contributed by atoms with E-state index in [1.54, 1.807) is 0 Å². The Hall–Kier alpha value is -2.34. The van der Waals surface area contributed by atoms with Crippen molar-refractivity contribution in [3.05, 3.63) is 64.2 Å². The molecule has 2 aromatic carbocycles. The number of nitrogens with zero attached hydrogens (tertiary/aromatic N) is 1. The van der Waals surface area contributed by atoms with Gasteiger partial charge in [0, 0.05) is 22.5 Å². The molecule has 1 amide bonds. The van der Waals surface area contributed by atoms with Gasteiger partial charge in [0.05, 0.1) is 10.9 Å². The molecule has 1 heterocycles. The molecule has 42 heavy (non-hydrogen) atoms. The van der Waals surface area contributed by atoms with Crippen LogP contribution in [0.15, 0.2) is 47.4 Å². The summed E-state index contributed by atoms with van der Waals surface area (Å²) in [6, 6.07) is 6.17. The first-order chi connectivity index (χ1) is 19.4. The van der Waals surface area contributed by atoms with E-state index in [1.807, 2.05) is 6.92 Å². The van der Waals surface area contributed by atoms with Crippen molar-refractivity contribution in [2.45, 2.75) is 92.0 Å². The van der Waals surface area contributed by atoms with Crippen LogP contribution in [0.3, 0.4) is 0 Å². The van der Waals surface area contributed by atoms with E-state index in [9.17, 15) is 43.9 Å². The standard InChI is InChI=1S/C29H29ClF7NO3S/c1-25(12-3-2-4-13-25)24(39)38-15-14-26(42(40,41)21-7-5-6-20(30)17-21)22-10-9-19(16-18(22)8-11-23(26)38)27(31,28(32,33)34)29(35,36)37/h5-7,9-10,16-17,23H,2-4,8,11-15H2,1H3. The molecular weight excluding hydrogens is 611 g/mol. The van der Waals surface area contributed by atoms with Crippen LogP contribution in [-0.2, 0) is 31.5 Å². The van der Waals surface area contributed by atoms with Crippen LogP contribution in [0, 0.1) is 5.41 Å². The molecule has 0 N–H and O–H groups in total. The lowest BCUT2D eigenvalue weighted by Crippen LogP contribution is -2.55. The molecule has 3 aliphatic rings. The van der Waals surface area contributed by atoms with E-state index in [0.29, 0.717) is 25.0 Å². The molecule has 5 rings (SSSR count). The molecule has 2 aliphatic carbocycles. The summed E-state index contributed by atoms with van der Waals surface area (Å²) >= 11 is 6.10. The van der Waals surface area contributed by atoms with Gasteiger partial charge in [-0.2, -0.15) is 26.3 Å². The summed E-state index contributed by atoms with van der Waals surface area (Å²) in [6.45, 7) is 1.87. The number of hydrogen-bond donors (Lipinski definition) is 0. The second-order valence-electron chi connectivity index (χ2n) is 11.8. The first-order valence-corrected chi connectivity index (χ1v) is 15.5. The van der Waals surface area contributed by atoms with E-state index >= 15 is 0 Å². The SMILES string of the molecule is CC1(C(=O)N2CCC3(S(=O)(=O)c4cccc(Cl)c4)c4ccc(C(F)(C(F)(F)F)C(F)(F)F)cc4CCC23)CCCCC1. The number of halogens is 8. The zero-order valence-corrected chi connectivity index (χ0v) is 24.2. The van der Waals surface area contributed by atoms with Crippen LogP contribution in [0.1, 0.15) is 68.6 Å². The van der Waals surface area contributed by atoms with Gasteiger partial charge in [-0.3, -0.25) is 4.79 Å². The molecule has 0 bridgehead atoms. The molecule has 2 aromatic rings. The van der Waals surface area contributed by atoms with Gasteiger partial charge in [0.2, 0.25) is 5.91 Å². The summed E-state index contributed by atoms with van der Waals surface area (Å²) in [5.41, 5.74) is -8.21. The fourth-order valence-electron chi connectivity index (χ4n) is 7.21. The Labute approximate surface area is 244 Å². The molecule has 1 aliphatic heterocycles. The molecule has 4 nitrogen and oxygen atoms in total. The zero-order chi connectivity index (χ0) is 30.9. The Morgan fingerprint density at radius 1 is 0.929 bits per heavy atom.